The summed E-state index contributed by atoms with van der Waals surface area (Å²) in [6, 6.07) is 14.7. The summed E-state index contributed by atoms with van der Waals surface area (Å²) in [5, 5.41) is 3.48. The summed E-state index contributed by atoms with van der Waals surface area (Å²) >= 11 is 5.89. The number of benzene rings is 2. The van der Waals surface area contributed by atoms with E-state index in [1.165, 1.54) is 0 Å². The van der Waals surface area contributed by atoms with E-state index in [0.29, 0.717) is 30.3 Å². The van der Waals surface area contributed by atoms with E-state index in [9.17, 15) is 9.59 Å². The van der Waals surface area contributed by atoms with Gasteiger partial charge in [-0.1, -0.05) is 29.3 Å². The number of aryl methyl sites for hydroxylation is 1. The molecule has 0 spiro atoms. The highest BCUT2D eigenvalue weighted by Crippen LogP contribution is 2.25. The maximum Gasteiger partial charge on any atom is 0.257 e. The highest BCUT2D eigenvalue weighted by atomic mass is 35.5. The first-order chi connectivity index (χ1) is 12.5. The van der Waals surface area contributed by atoms with Crippen LogP contribution in [0.4, 0.5) is 5.69 Å². The minimum absolute atomic E-state index is 0.0371. The largest absolute Gasteiger partial charge is 0.484 e. The minimum atomic E-state index is -0.192. The zero-order valence-corrected chi connectivity index (χ0v) is 15.3. The molecular formula is C20H21ClN2O3. The average molecular weight is 373 g/mol. The first kappa shape index (κ1) is 18.3. The van der Waals surface area contributed by atoms with E-state index in [1.54, 1.807) is 17.0 Å². The molecule has 6 heteroatoms. The van der Waals surface area contributed by atoms with Gasteiger partial charge in [-0.15, -0.1) is 0 Å². The van der Waals surface area contributed by atoms with Crippen molar-refractivity contribution in [2.75, 3.05) is 24.6 Å². The molecule has 0 radical (unpaired) electrons. The molecule has 1 unspecified atom stereocenters. The van der Waals surface area contributed by atoms with Crippen LogP contribution in [-0.2, 0) is 9.59 Å². The van der Waals surface area contributed by atoms with Crippen molar-refractivity contribution in [3.05, 3.63) is 59.1 Å². The molecule has 2 aromatic carbocycles. The van der Waals surface area contributed by atoms with Gasteiger partial charge in [0.05, 0.1) is 0 Å². The second kappa shape index (κ2) is 8.23. The molecule has 5 nitrogen and oxygen atoms in total. The average Bonchev–Trinajstić information content (AvgIpc) is 3.01. The molecule has 2 aromatic rings. The van der Waals surface area contributed by atoms with Crippen LogP contribution in [0, 0.1) is 12.8 Å². The van der Waals surface area contributed by atoms with Crippen LogP contribution in [0.2, 0.25) is 5.02 Å². The summed E-state index contributed by atoms with van der Waals surface area (Å²) in [6.07, 6.45) is 0.418. The van der Waals surface area contributed by atoms with Gasteiger partial charge in [-0.25, -0.2) is 0 Å². The van der Waals surface area contributed by atoms with E-state index in [-0.39, 0.29) is 24.3 Å². The number of ether oxygens (including phenoxy) is 1. The Hall–Kier alpha value is -2.53. The van der Waals surface area contributed by atoms with Crippen molar-refractivity contribution in [3.63, 3.8) is 0 Å². The predicted molar refractivity (Wildman–Crippen MR) is 102 cm³/mol. The number of anilines is 1. The number of rotatable bonds is 6. The number of nitrogens with one attached hydrogen (secondary N) is 1. The van der Waals surface area contributed by atoms with Gasteiger partial charge < -0.3 is 15.0 Å². The molecule has 1 atom stereocenters. The Morgan fingerprint density at radius 3 is 2.58 bits per heavy atom. The molecule has 1 aliphatic heterocycles. The number of hydrogen-bond acceptors (Lipinski definition) is 3. The van der Waals surface area contributed by atoms with E-state index in [4.69, 9.17) is 16.3 Å². The maximum atomic E-state index is 12.2. The number of amides is 2. The molecule has 1 fully saturated rings. The quantitative estimate of drug-likeness (QED) is 0.847. The Balaban J connectivity index is 1.44. The minimum Gasteiger partial charge on any atom is -0.484 e. The number of carbonyl (C=O) groups is 2. The summed E-state index contributed by atoms with van der Waals surface area (Å²) in [7, 11) is 0. The van der Waals surface area contributed by atoms with Crippen molar-refractivity contribution in [2.24, 2.45) is 5.92 Å². The number of halogens is 1. The fourth-order valence-electron chi connectivity index (χ4n) is 2.88. The van der Waals surface area contributed by atoms with Gasteiger partial charge in [0.25, 0.3) is 5.91 Å². The molecule has 1 N–H and O–H groups in total. The molecule has 1 aliphatic rings. The van der Waals surface area contributed by atoms with Crippen molar-refractivity contribution in [1.82, 2.24) is 5.32 Å². The van der Waals surface area contributed by atoms with Gasteiger partial charge in [-0.2, -0.15) is 0 Å². The lowest BCUT2D eigenvalue weighted by molar-refractivity contribution is -0.123. The van der Waals surface area contributed by atoms with Gasteiger partial charge in [-0.05, 0) is 43.3 Å². The predicted octanol–water partition coefficient (Wildman–Crippen LogP) is 3.20. The first-order valence-electron chi connectivity index (χ1n) is 8.53. The van der Waals surface area contributed by atoms with Crippen LogP contribution in [0.3, 0.4) is 0 Å². The fraction of sp³-hybridized carbons (Fsp3) is 0.300. The highest BCUT2D eigenvalue weighted by Gasteiger charge is 2.30. The van der Waals surface area contributed by atoms with Crippen LogP contribution in [0.15, 0.2) is 48.5 Å². The SMILES string of the molecule is Cc1ccc(OCC(=O)NCC2CC(=O)N(c3ccc(Cl)cc3)C2)cc1. The van der Waals surface area contributed by atoms with Crippen molar-refractivity contribution < 1.29 is 14.3 Å². The monoisotopic (exact) mass is 372 g/mol. The Kier molecular flexibility index (Phi) is 5.78. The van der Waals surface area contributed by atoms with Gasteiger partial charge in [-0.3, -0.25) is 9.59 Å². The molecule has 0 saturated carbocycles. The van der Waals surface area contributed by atoms with E-state index in [1.807, 2.05) is 43.3 Å². The Morgan fingerprint density at radius 2 is 1.88 bits per heavy atom. The van der Waals surface area contributed by atoms with Crippen LogP contribution in [-0.4, -0.2) is 31.5 Å². The van der Waals surface area contributed by atoms with E-state index < -0.39 is 0 Å². The number of hydrogen-bond donors (Lipinski definition) is 1. The third-order valence-electron chi connectivity index (χ3n) is 4.32. The van der Waals surface area contributed by atoms with Crippen LogP contribution < -0.4 is 15.0 Å². The number of carbonyl (C=O) groups excluding carboxylic acids is 2. The van der Waals surface area contributed by atoms with Gasteiger partial charge in [0.2, 0.25) is 5.91 Å². The van der Waals surface area contributed by atoms with Crippen molar-refractivity contribution in [2.45, 2.75) is 13.3 Å². The van der Waals surface area contributed by atoms with Crippen LogP contribution in [0.25, 0.3) is 0 Å². The normalized spacial score (nSPS) is 16.6. The Bertz CT molecular complexity index is 775. The molecule has 3 rings (SSSR count). The van der Waals surface area contributed by atoms with Crippen molar-refractivity contribution >= 4 is 29.1 Å². The van der Waals surface area contributed by atoms with Crippen LogP contribution >= 0.6 is 11.6 Å². The van der Waals surface area contributed by atoms with E-state index in [2.05, 4.69) is 5.32 Å². The van der Waals surface area contributed by atoms with Gasteiger partial charge in [0.15, 0.2) is 6.61 Å². The molecule has 1 saturated heterocycles. The lowest BCUT2D eigenvalue weighted by atomic mass is 10.1. The molecule has 0 aliphatic carbocycles. The third kappa shape index (κ3) is 4.76. The van der Waals surface area contributed by atoms with Crippen LogP contribution in [0.5, 0.6) is 5.75 Å². The zero-order chi connectivity index (χ0) is 18.5. The molecule has 26 heavy (non-hydrogen) atoms. The molecule has 1 heterocycles. The molecule has 0 aromatic heterocycles. The van der Waals surface area contributed by atoms with Gasteiger partial charge >= 0.3 is 0 Å². The summed E-state index contributed by atoms with van der Waals surface area (Å²) in [5.41, 5.74) is 1.97. The molecule has 136 valence electrons. The summed E-state index contributed by atoms with van der Waals surface area (Å²) < 4.78 is 5.46. The summed E-state index contributed by atoms with van der Waals surface area (Å²) in [6.45, 7) is 2.99. The second-order valence-electron chi connectivity index (χ2n) is 6.46. The molecule has 2 amide bonds. The standard InChI is InChI=1S/C20H21ClN2O3/c1-14-2-8-18(9-3-14)26-13-19(24)22-11-15-10-20(25)23(12-15)17-6-4-16(21)5-7-17/h2-9,15H,10-13H2,1H3,(H,22,24). The molecule has 0 bridgehead atoms. The topological polar surface area (TPSA) is 58.6 Å². The van der Waals surface area contributed by atoms with E-state index in [0.717, 1.165) is 11.3 Å². The fourth-order valence-corrected chi connectivity index (χ4v) is 3.01. The smallest absolute Gasteiger partial charge is 0.257 e. The maximum absolute atomic E-state index is 12.2. The summed E-state index contributed by atoms with van der Waals surface area (Å²) in [5.74, 6) is 0.614. The zero-order valence-electron chi connectivity index (χ0n) is 14.6. The van der Waals surface area contributed by atoms with Crippen molar-refractivity contribution in [1.29, 1.82) is 0 Å². The Morgan fingerprint density at radius 1 is 1.19 bits per heavy atom. The first-order valence-corrected chi connectivity index (χ1v) is 8.91. The lowest BCUT2D eigenvalue weighted by Crippen LogP contribution is -2.34. The summed E-state index contributed by atoms with van der Waals surface area (Å²) in [4.78, 5) is 25.9. The van der Waals surface area contributed by atoms with Crippen LogP contribution in [0.1, 0.15) is 12.0 Å². The van der Waals surface area contributed by atoms with Gasteiger partial charge in [0.1, 0.15) is 5.75 Å². The third-order valence-corrected chi connectivity index (χ3v) is 4.57. The number of nitrogens with zero attached hydrogens (tertiary/aromatic N) is 1. The van der Waals surface area contributed by atoms with Gasteiger partial charge in [0, 0.05) is 36.1 Å². The molecular weight excluding hydrogens is 352 g/mol. The van der Waals surface area contributed by atoms with E-state index >= 15 is 0 Å². The van der Waals surface area contributed by atoms with Crippen molar-refractivity contribution in [3.8, 4) is 5.75 Å². The Labute approximate surface area is 157 Å². The lowest BCUT2D eigenvalue weighted by Gasteiger charge is -2.17. The second-order valence-corrected chi connectivity index (χ2v) is 6.89. The highest BCUT2D eigenvalue weighted by molar-refractivity contribution is 6.30.